The third-order valence-electron chi connectivity index (χ3n) is 2.23. The zero-order valence-electron chi connectivity index (χ0n) is 7.24. The lowest BCUT2D eigenvalue weighted by Gasteiger charge is -2.13. The van der Waals surface area contributed by atoms with E-state index >= 15 is 0 Å². The van der Waals surface area contributed by atoms with Gasteiger partial charge in [-0.1, -0.05) is 13.8 Å². The van der Waals surface area contributed by atoms with Crippen molar-refractivity contribution in [2.45, 2.75) is 19.9 Å². The van der Waals surface area contributed by atoms with Crippen molar-refractivity contribution in [3.8, 4) is 0 Å². The van der Waals surface area contributed by atoms with Crippen molar-refractivity contribution in [2.75, 3.05) is 5.32 Å². The molecular weight excluding hydrogens is 152 g/mol. The topological polar surface area (TPSA) is 34.0 Å². The molecule has 1 aromatic rings. The number of nitrogens with zero attached hydrogens (tertiary/aromatic N) is 1. The second-order valence-corrected chi connectivity index (χ2v) is 3.48. The number of carbonyl (C=O) groups is 1. The van der Waals surface area contributed by atoms with Crippen LogP contribution in [0.15, 0.2) is 18.3 Å². The Hall–Kier alpha value is -1.25. The van der Waals surface area contributed by atoms with Crippen LogP contribution in [-0.4, -0.2) is 10.5 Å². The Morgan fingerprint density at radius 3 is 3.00 bits per heavy atom. The predicted octanol–water partition coefficient (Wildman–Crippen LogP) is 1.64. The van der Waals surface area contributed by atoms with Gasteiger partial charge in [0, 0.05) is 6.20 Å². The number of amides is 1. The van der Waals surface area contributed by atoms with Crippen LogP contribution in [-0.2, 0) is 4.79 Å². The summed E-state index contributed by atoms with van der Waals surface area (Å²) in [5.74, 6) is 1.37. The van der Waals surface area contributed by atoms with E-state index in [-0.39, 0.29) is 11.9 Å². The van der Waals surface area contributed by atoms with Gasteiger partial charge in [-0.05, 0) is 18.1 Å². The third-order valence-corrected chi connectivity index (χ3v) is 2.23. The lowest BCUT2D eigenvalue weighted by atomic mass is 10.1. The highest BCUT2D eigenvalue weighted by molar-refractivity contribution is 5.97. The normalized spacial score (nSPS) is 21.2. The van der Waals surface area contributed by atoms with Crippen molar-refractivity contribution in [1.29, 1.82) is 0 Å². The second-order valence-electron chi connectivity index (χ2n) is 3.48. The Bertz CT molecular complexity index is 314. The molecule has 2 rings (SSSR count). The molecular formula is C9H12N2O. The standard InChI is InChI=1S/C9H12N2O/c1-6(2)8-9(12)10-7-4-3-5-11(7)8/h3-6,8H,1-2H3,(H,10,12). The van der Waals surface area contributed by atoms with Gasteiger partial charge in [-0.3, -0.25) is 4.79 Å². The number of aromatic nitrogens is 1. The van der Waals surface area contributed by atoms with Crippen LogP contribution in [0, 0.1) is 5.92 Å². The summed E-state index contributed by atoms with van der Waals surface area (Å²) in [4.78, 5) is 11.4. The van der Waals surface area contributed by atoms with E-state index in [0.717, 1.165) is 5.82 Å². The number of nitrogens with one attached hydrogen (secondary N) is 1. The molecule has 64 valence electrons. The molecule has 0 aromatic carbocycles. The maximum Gasteiger partial charge on any atom is 0.248 e. The Morgan fingerprint density at radius 1 is 1.58 bits per heavy atom. The van der Waals surface area contributed by atoms with E-state index in [0.29, 0.717) is 5.92 Å². The van der Waals surface area contributed by atoms with Crippen LogP contribution < -0.4 is 5.32 Å². The van der Waals surface area contributed by atoms with Crippen molar-refractivity contribution in [2.24, 2.45) is 5.92 Å². The lowest BCUT2D eigenvalue weighted by Crippen LogP contribution is -2.20. The van der Waals surface area contributed by atoms with Gasteiger partial charge in [-0.25, -0.2) is 0 Å². The van der Waals surface area contributed by atoms with Gasteiger partial charge in [0.2, 0.25) is 5.91 Å². The van der Waals surface area contributed by atoms with Crippen LogP contribution in [0.4, 0.5) is 5.82 Å². The van der Waals surface area contributed by atoms with E-state index in [4.69, 9.17) is 0 Å². The summed E-state index contributed by atoms with van der Waals surface area (Å²) in [5.41, 5.74) is 0. The second kappa shape index (κ2) is 2.37. The van der Waals surface area contributed by atoms with Crippen molar-refractivity contribution in [1.82, 2.24) is 4.57 Å². The first-order valence-corrected chi connectivity index (χ1v) is 4.18. The maximum atomic E-state index is 11.4. The monoisotopic (exact) mass is 164 g/mol. The van der Waals surface area contributed by atoms with Gasteiger partial charge in [-0.2, -0.15) is 0 Å². The molecule has 2 heterocycles. The number of hydrogen-bond donors (Lipinski definition) is 1. The molecule has 12 heavy (non-hydrogen) atoms. The highest BCUT2D eigenvalue weighted by atomic mass is 16.2. The van der Waals surface area contributed by atoms with Crippen LogP contribution in [0.1, 0.15) is 19.9 Å². The van der Waals surface area contributed by atoms with Gasteiger partial charge in [0.15, 0.2) is 0 Å². The molecule has 1 unspecified atom stereocenters. The fraction of sp³-hybridized carbons (Fsp3) is 0.444. The summed E-state index contributed by atoms with van der Waals surface area (Å²) in [6.45, 7) is 4.11. The van der Waals surface area contributed by atoms with Crippen LogP contribution in [0.3, 0.4) is 0 Å². The van der Waals surface area contributed by atoms with Gasteiger partial charge in [0.1, 0.15) is 11.9 Å². The first kappa shape index (κ1) is 7.40. The van der Waals surface area contributed by atoms with Crippen molar-refractivity contribution < 1.29 is 4.79 Å². The number of carbonyl (C=O) groups excluding carboxylic acids is 1. The van der Waals surface area contributed by atoms with Crippen LogP contribution in [0.2, 0.25) is 0 Å². The number of fused-ring (bicyclic) bond motifs is 1. The number of anilines is 1. The highest BCUT2D eigenvalue weighted by Gasteiger charge is 2.31. The molecule has 0 fully saturated rings. The molecule has 0 radical (unpaired) electrons. The summed E-state index contributed by atoms with van der Waals surface area (Å²) >= 11 is 0. The Labute approximate surface area is 71.4 Å². The average Bonchev–Trinajstić information content (AvgIpc) is 2.44. The fourth-order valence-electron chi connectivity index (χ4n) is 1.69. The van der Waals surface area contributed by atoms with E-state index in [1.807, 2.05) is 22.9 Å². The zero-order chi connectivity index (χ0) is 8.72. The molecule has 1 aliphatic heterocycles. The van der Waals surface area contributed by atoms with Crippen molar-refractivity contribution in [3.63, 3.8) is 0 Å². The zero-order valence-corrected chi connectivity index (χ0v) is 7.24. The average molecular weight is 164 g/mol. The first-order chi connectivity index (χ1) is 5.70. The Morgan fingerprint density at radius 2 is 2.33 bits per heavy atom. The molecule has 0 saturated heterocycles. The molecule has 0 spiro atoms. The maximum absolute atomic E-state index is 11.4. The predicted molar refractivity (Wildman–Crippen MR) is 46.9 cm³/mol. The third kappa shape index (κ3) is 0.858. The van der Waals surface area contributed by atoms with Gasteiger partial charge in [0.25, 0.3) is 0 Å². The summed E-state index contributed by atoms with van der Waals surface area (Å²) < 4.78 is 1.99. The highest BCUT2D eigenvalue weighted by Crippen LogP contribution is 2.29. The van der Waals surface area contributed by atoms with Crippen LogP contribution in [0.5, 0.6) is 0 Å². The summed E-state index contributed by atoms with van der Waals surface area (Å²) in [5, 5.41) is 2.83. The molecule has 0 saturated carbocycles. The quantitative estimate of drug-likeness (QED) is 0.672. The van der Waals surface area contributed by atoms with E-state index in [2.05, 4.69) is 19.2 Å². The molecule has 1 atom stereocenters. The fourth-order valence-corrected chi connectivity index (χ4v) is 1.69. The number of rotatable bonds is 1. The van der Waals surface area contributed by atoms with Gasteiger partial charge >= 0.3 is 0 Å². The van der Waals surface area contributed by atoms with Gasteiger partial charge in [0.05, 0.1) is 0 Å². The number of hydrogen-bond acceptors (Lipinski definition) is 1. The molecule has 0 bridgehead atoms. The minimum atomic E-state index is -0.0185. The lowest BCUT2D eigenvalue weighted by molar-refractivity contribution is -0.119. The molecule has 0 aliphatic carbocycles. The van der Waals surface area contributed by atoms with E-state index < -0.39 is 0 Å². The Kier molecular flexibility index (Phi) is 1.46. The van der Waals surface area contributed by atoms with Crippen LogP contribution >= 0.6 is 0 Å². The van der Waals surface area contributed by atoms with Crippen molar-refractivity contribution >= 4 is 11.7 Å². The SMILES string of the molecule is CC(C)C1C(=O)Nc2cccn21. The smallest absolute Gasteiger partial charge is 0.248 e. The largest absolute Gasteiger partial charge is 0.322 e. The summed E-state index contributed by atoms with van der Waals surface area (Å²) in [6.07, 6.45) is 1.94. The van der Waals surface area contributed by atoms with Gasteiger partial charge < -0.3 is 9.88 Å². The minimum Gasteiger partial charge on any atom is -0.322 e. The van der Waals surface area contributed by atoms with Crippen LogP contribution in [0.25, 0.3) is 0 Å². The minimum absolute atomic E-state index is 0.0185. The van der Waals surface area contributed by atoms with E-state index in [9.17, 15) is 4.79 Å². The molecule has 1 N–H and O–H groups in total. The van der Waals surface area contributed by atoms with E-state index in [1.165, 1.54) is 0 Å². The van der Waals surface area contributed by atoms with Gasteiger partial charge in [-0.15, -0.1) is 0 Å². The van der Waals surface area contributed by atoms with Crippen molar-refractivity contribution in [3.05, 3.63) is 18.3 Å². The molecule has 3 nitrogen and oxygen atoms in total. The molecule has 1 aromatic heterocycles. The molecule has 1 aliphatic rings. The first-order valence-electron chi connectivity index (χ1n) is 4.18. The summed E-state index contributed by atoms with van der Waals surface area (Å²) in [7, 11) is 0. The Balaban J connectivity index is 2.42. The molecule has 1 amide bonds. The molecule has 3 heteroatoms. The summed E-state index contributed by atoms with van der Waals surface area (Å²) in [6, 6.07) is 3.85. The van der Waals surface area contributed by atoms with E-state index in [1.54, 1.807) is 0 Å².